The standard InChI is InChI=1S/C30H23ClN4O7/c1-2-41-27-16-19(10-15-26(27)42-30(38)20-11-13-23(14-12-20)35(39)40)18-32-34-28(36)21-6-5-7-22(17-21)33-29(37)24-8-3-4-9-25(24)31/h3-18H,2H2,1H3,(H,33,37)(H,34,36). The number of esters is 1. The zero-order valence-corrected chi connectivity index (χ0v) is 22.8. The lowest BCUT2D eigenvalue weighted by Crippen LogP contribution is -2.18. The average Bonchev–Trinajstić information content (AvgIpc) is 2.98. The van der Waals surface area contributed by atoms with Crippen LogP contribution in [0.1, 0.15) is 43.6 Å². The fourth-order valence-electron chi connectivity index (χ4n) is 3.65. The summed E-state index contributed by atoms with van der Waals surface area (Å²) in [6.45, 7) is 2.04. The predicted molar refractivity (Wildman–Crippen MR) is 157 cm³/mol. The van der Waals surface area contributed by atoms with E-state index in [1.165, 1.54) is 42.6 Å². The number of non-ortho nitro benzene ring substituents is 1. The molecular weight excluding hydrogens is 564 g/mol. The minimum Gasteiger partial charge on any atom is -0.490 e. The number of benzene rings is 4. The second kappa shape index (κ2) is 13.7. The molecule has 4 rings (SSSR count). The van der Waals surface area contributed by atoms with Gasteiger partial charge in [0.15, 0.2) is 11.5 Å². The maximum Gasteiger partial charge on any atom is 0.343 e. The SMILES string of the molecule is CCOc1cc(C=NNC(=O)c2cccc(NC(=O)c3ccccc3Cl)c2)ccc1OC(=O)c1ccc([N+](=O)[O-])cc1. The topological polar surface area (TPSA) is 149 Å². The number of ether oxygens (including phenoxy) is 2. The van der Waals surface area contributed by atoms with Crippen molar-refractivity contribution in [3.63, 3.8) is 0 Å². The van der Waals surface area contributed by atoms with E-state index in [4.69, 9.17) is 21.1 Å². The van der Waals surface area contributed by atoms with Crippen molar-refractivity contribution in [2.75, 3.05) is 11.9 Å². The van der Waals surface area contributed by atoms with E-state index in [2.05, 4.69) is 15.8 Å². The first-order chi connectivity index (χ1) is 20.2. The van der Waals surface area contributed by atoms with Gasteiger partial charge in [-0.3, -0.25) is 19.7 Å². The van der Waals surface area contributed by atoms with Gasteiger partial charge >= 0.3 is 5.97 Å². The van der Waals surface area contributed by atoms with Gasteiger partial charge in [-0.15, -0.1) is 0 Å². The Kier molecular flexibility index (Phi) is 9.59. The Bertz CT molecular complexity index is 1670. The Labute approximate surface area is 244 Å². The third kappa shape index (κ3) is 7.55. The first-order valence-electron chi connectivity index (χ1n) is 12.5. The largest absolute Gasteiger partial charge is 0.490 e. The van der Waals surface area contributed by atoms with Crippen LogP contribution in [0, 0.1) is 10.1 Å². The molecule has 2 amide bonds. The molecule has 0 atom stereocenters. The molecule has 4 aromatic carbocycles. The van der Waals surface area contributed by atoms with Crippen LogP contribution in [0.25, 0.3) is 0 Å². The van der Waals surface area contributed by atoms with Gasteiger partial charge in [-0.2, -0.15) is 5.10 Å². The smallest absolute Gasteiger partial charge is 0.343 e. The van der Waals surface area contributed by atoms with Gasteiger partial charge in [0, 0.05) is 23.4 Å². The molecule has 0 spiro atoms. The zero-order valence-electron chi connectivity index (χ0n) is 22.1. The Hall–Kier alpha value is -5.55. The summed E-state index contributed by atoms with van der Waals surface area (Å²) in [7, 11) is 0. The van der Waals surface area contributed by atoms with Crippen molar-refractivity contribution in [3.8, 4) is 11.5 Å². The molecule has 0 heterocycles. The highest BCUT2D eigenvalue weighted by molar-refractivity contribution is 6.34. The van der Waals surface area contributed by atoms with E-state index in [1.807, 2.05) is 0 Å². The number of nitro groups is 1. The molecule has 0 saturated carbocycles. The molecule has 0 aromatic heterocycles. The molecule has 0 aliphatic rings. The monoisotopic (exact) mass is 586 g/mol. The lowest BCUT2D eigenvalue weighted by molar-refractivity contribution is -0.384. The number of carbonyl (C=O) groups excluding carboxylic acids is 3. The van der Waals surface area contributed by atoms with Crippen molar-refractivity contribution in [2.24, 2.45) is 5.10 Å². The third-order valence-corrected chi connectivity index (χ3v) is 5.99. The zero-order chi connectivity index (χ0) is 30.1. The Morgan fingerprint density at radius 3 is 2.38 bits per heavy atom. The van der Waals surface area contributed by atoms with Gasteiger partial charge in [-0.1, -0.05) is 29.8 Å². The van der Waals surface area contributed by atoms with Crippen LogP contribution >= 0.6 is 11.6 Å². The number of nitrogens with zero attached hydrogens (tertiary/aromatic N) is 2. The molecule has 0 bridgehead atoms. The van der Waals surface area contributed by atoms with E-state index in [-0.39, 0.29) is 34.9 Å². The molecule has 2 N–H and O–H groups in total. The second-order valence-electron chi connectivity index (χ2n) is 8.55. The highest BCUT2D eigenvalue weighted by Crippen LogP contribution is 2.29. The number of anilines is 1. The number of nitro benzene ring substituents is 1. The van der Waals surface area contributed by atoms with Crippen LogP contribution in [0.5, 0.6) is 11.5 Å². The predicted octanol–water partition coefficient (Wildman–Crippen LogP) is 5.88. The third-order valence-electron chi connectivity index (χ3n) is 5.66. The highest BCUT2D eigenvalue weighted by atomic mass is 35.5. The van der Waals surface area contributed by atoms with Crippen LogP contribution in [0.2, 0.25) is 5.02 Å². The van der Waals surface area contributed by atoms with Crippen LogP contribution in [-0.4, -0.2) is 35.5 Å². The number of hydrogen-bond acceptors (Lipinski definition) is 8. The molecular formula is C30H23ClN4O7. The van der Waals surface area contributed by atoms with E-state index >= 15 is 0 Å². The molecule has 4 aromatic rings. The summed E-state index contributed by atoms with van der Waals surface area (Å²) in [4.78, 5) is 48.0. The lowest BCUT2D eigenvalue weighted by Gasteiger charge is -2.11. The molecule has 11 nitrogen and oxygen atoms in total. The van der Waals surface area contributed by atoms with Crippen LogP contribution in [0.3, 0.4) is 0 Å². The molecule has 0 unspecified atom stereocenters. The van der Waals surface area contributed by atoms with Crippen molar-refractivity contribution >= 4 is 47.0 Å². The minimum absolute atomic E-state index is 0.129. The number of rotatable bonds is 10. The van der Waals surface area contributed by atoms with Crippen molar-refractivity contribution in [2.45, 2.75) is 6.92 Å². The molecule has 0 saturated heterocycles. The van der Waals surface area contributed by atoms with Crippen molar-refractivity contribution < 1.29 is 28.8 Å². The van der Waals surface area contributed by atoms with Crippen molar-refractivity contribution in [3.05, 3.63) is 128 Å². The van der Waals surface area contributed by atoms with Crippen molar-refractivity contribution in [1.29, 1.82) is 0 Å². The molecule has 0 fully saturated rings. The molecule has 0 radical (unpaired) electrons. The normalized spacial score (nSPS) is 10.6. The van der Waals surface area contributed by atoms with Crippen LogP contribution in [0.15, 0.2) is 96.1 Å². The van der Waals surface area contributed by atoms with Crippen molar-refractivity contribution in [1.82, 2.24) is 5.43 Å². The molecule has 12 heteroatoms. The van der Waals surface area contributed by atoms with Gasteiger partial charge in [0.1, 0.15) is 0 Å². The van der Waals surface area contributed by atoms with E-state index < -0.39 is 22.7 Å². The summed E-state index contributed by atoms with van der Waals surface area (Å²) in [5, 5.41) is 17.8. The van der Waals surface area contributed by atoms with Crippen LogP contribution < -0.4 is 20.2 Å². The quantitative estimate of drug-likeness (QED) is 0.0774. The number of halogens is 1. The molecule has 42 heavy (non-hydrogen) atoms. The molecule has 0 aliphatic heterocycles. The van der Waals surface area contributed by atoms with Gasteiger partial charge in [0.2, 0.25) is 0 Å². The fraction of sp³-hybridized carbons (Fsp3) is 0.0667. The maximum absolute atomic E-state index is 12.7. The van der Waals surface area contributed by atoms with Gasteiger partial charge in [-0.25, -0.2) is 10.2 Å². The Morgan fingerprint density at radius 2 is 1.67 bits per heavy atom. The lowest BCUT2D eigenvalue weighted by atomic mass is 10.1. The summed E-state index contributed by atoms with van der Waals surface area (Å²) in [6, 6.07) is 22.6. The summed E-state index contributed by atoms with van der Waals surface area (Å²) >= 11 is 6.08. The number of carbonyl (C=O) groups is 3. The minimum atomic E-state index is -0.718. The maximum atomic E-state index is 12.7. The second-order valence-corrected chi connectivity index (χ2v) is 8.95. The van der Waals surface area contributed by atoms with Crippen LogP contribution in [-0.2, 0) is 0 Å². The highest BCUT2D eigenvalue weighted by Gasteiger charge is 2.15. The van der Waals surface area contributed by atoms with E-state index in [0.29, 0.717) is 21.8 Å². The average molecular weight is 587 g/mol. The Balaban J connectivity index is 1.40. The van der Waals surface area contributed by atoms with Gasteiger partial charge in [0.05, 0.1) is 33.9 Å². The summed E-state index contributed by atoms with van der Waals surface area (Å²) in [5.74, 6) is -1.26. The number of amides is 2. The number of hydrogen-bond donors (Lipinski definition) is 2. The van der Waals surface area contributed by atoms with E-state index in [1.54, 1.807) is 61.5 Å². The number of nitrogens with one attached hydrogen (secondary N) is 2. The van der Waals surface area contributed by atoms with Gasteiger partial charge in [-0.05, 0) is 73.2 Å². The van der Waals surface area contributed by atoms with Gasteiger partial charge in [0.25, 0.3) is 17.5 Å². The Morgan fingerprint density at radius 1 is 0.905 bits per heavy atom. The summed E-state index contributed by atoms with van der Waals surface area (Å²) < 4.78 is 11.0. The number of hydrazone groups is 1. The first kappa shape index (κ1) is 29.4. The molecule has 0 aliphatic carbocycles. The summed E-state index contributed by atoms with van der Waals surface area (Å²) in [6.07, 6.45) is 1.38. The molecule has 212 valence electrons. The van der Waals surface area contributed by atoms with Crippen LogP contribution in [0.4, 0.5) is 11.4 Å². The van der Waals surface area contributed by atoms with E-state index in [0.717, 1.165) is 0 Å². The summed E-state index contributed by atoms with van der Waals surface area (Å²) in [5.41, 5.74) is 3.90. The first-order valence-corrected chi connectivity index (χ1v) is 12.9. The van der Waals surface area contributed by atoms with E-state index in [9.17, 15) is 24.5 Å². The van der Waals surface area contributed by atoms with Gasteiger partial charge < -0.3 is 14.8 Å². The fourth-order valence-corrected chi connectivity index (χ4v) is 3.87.